The van der Waals surface area contributed by atoms with Crippen LogP contribution in [0.3, 0.4) is 0 Å². The molecule has 1 aliphatic carbocycles. The molecule has 1 amide bonds. The fourth-order valence-electron chi connectivity index (χ4n) is 4.48. The summed E-state index contributed by atoms with van der Waals surface area (Å²) in [4.78, 5) is 21.9. The van der Waals surface area contributed by atoms with Gasteiger partial charge in [0.1, 0.15) is 0 Å². The van der Waals surface area contributed by atoms with Crippen LogP contribution in [-0.2, 0) is 9.59 Å². The summed E-state index contributed by atoms with van der Waals surface area (Å²) < 4.78 is 0. The Bertz CT molecular complexity index is 892. The summed E-state index contributed by atoms with van der Waals surface area (Å²) in [6.45, 7) is 13.8. The molecule has 0 aromatic rings. The maximum atomic E-state index is 11.3. The average Bonchev–Trinajstić information content (AvgIpc) is 2.76. The molecule has 0 aliphatic heterocycles. The third-order valence-corrected chi connectivity index (χ3v) is 6.68. The van der Waals surface area contributed by atoms with Crippen LogP contribution in [0.5, 0.6) is 0 Å². The van der Waals surface area contributed by atoms with Crippen LogP contribution in [0.15, 0.2) is 71.9 Å². The summed E-state index contributed by atoms with van der Waals surface area (Å²) in [6, 6.07) is -0.268. The van der Waals surface area contributed by atoms with Crippen molar-refractivity contribution in [2.75, 3.05) is 0 Å². The number of rotatable bonds is 12. The molecule has 0 aromatic heterocycles. The molecule has 0 saturated carbocycles. The second-order valence-corrected chi connectivity index (χ2v) is 10.4. The van der Waals surface area contributed by atoms with Crippen LogP contribution in [0.2, 0.25) is 0 Å². The molecule has 0 radical (unpaired) electrons. The quantitative estimate of drug-likeness (QED) is 0.176. The van der Waals surface area contributed by atoms with Crippen molar-refractivity contribution in [2.24, 2.45) is 23.2 Å². The maximum absolute atomic E-state index is 11.3. The predicted molar refractivity (Wildman–Crippen MR) is 145 cm³/mol. The Morgan fingerprint density at radius 1 is 1.11 bits per heavy atom. The number of hydrogen-bond acceptors (Lipinski definition) is 3. The highest BCUT2D eigenvalue weighted by Gasteiger charge is 2.30. The van der Waals surface area contributed by atoms with Crippen LogP contribution in [0.25, 0.3) is 0 Å². The smallest absolute Gasteiger partial charge is 0.328 e. The van der Waals surface area contributed by atoms with Crippen LogP contribution in [0.1, 0.15) is 67.7 Å². The fraction of sp³-hybridized carbons (Fsp3) is 0.533. The van der Waals surface area contributed by atoms with Gasteiger partial charge in [-0.15, -0.1) is 0 Å². The number of allylic oxidation sites excluding steroid dienone is 11. The molecule has 1 rings (SSSR count). The van der Waals surface area contributed by atoms with Gasteiger partial charge in [-0.3, -0.25) is 4.79 Å². The first kappa shape index (κ1) is 30.4. The molecule has 35 heavy (non-hydrogen) atoms. The zero-order chi connectivity index (χ0) is 26.6. The van der Waals surface area contributed by atoms with Gasteiger partial charge in [-0.1, -0.05) is 86.6 Å². The number of aliphatic hydroxyl groups is 1. The molecule has 0 spiro atoms. The Kier molecular flexibility index (Phi) is 12.7. The molecule has 6 atom stereocenters. The second-order valence-electron chi connectivity index (χ2n) is 10.4. The lowest BCUT2D eigenvalue weighted by Crippen LogP contribution is -2.43. The highest BCUT2D eigenvalue weighted by molar-refractivity contribution is 5.80. The van der Waals surface area contributed by atoms with Crippen LogP contribution in [0.4, 0.5) is 0 Å². The molecule has 0 aromatic carbocycles. The molecule has 5 nitrogen and oxygen atoms in total. The van der Waals surface area contributed by atoms with Crippen molar-refractivity contribution in [3.05, 3.63) is 71.9 Å². The number of nitrogens with one attached hydrogen (secondary N) is 1. The van der Waals surface area contributed by atoms with E-state index in [9.17, 15) is 14.7 Å². The minimum Gasteiger partial charge on any atom is -0.478 e. The van der Waals surface area contributed by atoms with Gasteiger partial charge in [0.05, 0.1) is 12.1 Å². The summed E-state index contributed by atoms with van der Waals surface area (Å²) in [5, 5.41) is 22.0. The topological polar surface area (TPSA) is 86.6 Å². The van der Waals surface area contributed by atoms with Gasteiger partial charge in [-0.05, 0) is 57.3 Å². The van der Waals surface area contributed by atoms with Gasteiger partial charge in [0.2, 0.25) is 5.91 Å². The molecule has 0 saturated heterocycles. The van der Waals surface area contributed by atoms with E-state index in [1.54, 1.807) is 6.08 Å². The van der Waals surface area contributed by atoms with Gasteiger partial charge in [0.15, 0.2) is 0 Å². The van der Waals surface area contributed by atoms with Crippen LogP contribution < -0.4 is 5.32 Å². The van der Waals surface area contributed by atoms with Gasteiger partial charge in [-0.25, -0.2) is 4.79 Å². The van der Waals surface area contributed by atoms with Crippen molar-refractivity contribution in [2.45, 2.75) is 79.9 Å². The van der Waals surface area contributed by atoms with E-state index in [0.717, 1.165) is 30.9 Å². The number of aliphatic carboxylic acids is 1. The van der Waals surface area contributed by atoms with Crippen LogP contribution >= 0.6 is 0 Å². The summed E-state index contributed by atoms with van der Waals surface area (Å²) in [5.41, 5.74) is 2.19. The average molecular weight is 484 g/mol. The number of hydrogen-bond donors (Lipinski definition) is 3. The Morgan fingerprint density at radius 3 is 2.43 bits per heavy atom. The first-order valence-electron chi connectivity index (χ1n) is 12.6. The van der Waals surface area contributed by atoms with Crippen LogP contribution in [0, 0.1) is 23.2 Å². The van der Waals surface area contributed by atoms with E-state index in [-0.39, 0.29) is 29.2 Å². The molecule has 6 unspecified atom stereocenters. The number of carboxylic acids is 1. The van der Waals surface area contributed by atoms with Gasteiger partial charge in [-0.2, -0.15) is 0 Å². The number of carbonyl (C=O) groups is 2. The molecular weight excluding hydrogens is 438 g/mol. The van der Waals surface area contributed by atoms with Gasteiger partial charge >= 0.3 is 5.97 Å². The highest BCUT2D eigenvalue weighted by Crippen LogP contribution is 2.40. The van der Waals surface area contributed by atoms with Gasteiger partial charge in [0.25, 0.3) is 0 Å². The monoisotopic (exact) mass is 483 g/mol. The molecule has 1 aliphatic rings. The highest BCUT2D eigenvalue weighted by atomic mass is 16.4. The predicted octanol–water partition coefficient (Wildman–Crippen LogP) is 6.15. The first-order chi connectivity index (χ1) is 16.3. The zero-order valence-corrected chi connectivity index (χ0v) is 22.5. The van der Waals surface area contributed by atoms with E-state index in [0.29, 0.717) is 5.92 Å². The number of aliphatic hydroxyl groups excluding tert-OH is 1. The zero-order valence-electron chi connectivity index (χ0n) is 22.5. The molecule has 194 valence electrons. The van der Waals surface area contributed by atoms with Crippen molar-refractivity contribution in [1.29, 1.82) is 0 Å². The molecule has 3 N–H and O–H groups in total. The van der Waals surface area contributed by atoms with Crippen molar-refractivity contribution < 1.29 is 19.8 Å². The Morgan fingerprint density at radius 2 is 1.80 bits per heavy atom. The first-order valence-corrected chi connectivity index (χ1v) is 12.6. The van der Waals surface area contributed by atoms with Crippen LogP contribution in [-0.4, -0.2) is 34.2 Å². The Labute approximate surface area is 212 Å². The van der Waals surface area contributed by atoms with E-state index in [4.69, 9.17) is 5.11 Å². The standard InChI is InChI=1S/C30H45NO4/c1-21(11-10-13-28(33)34)16-18-30(7)17-9-8-12-27(30)20-23(3)15-14-22(2)19-24(4)29(35)25(5)31-26(6)32/h8,10-16,18,20,22,24-25,27,29,35H,9,17,19H2,1-7H3,(H,31,32)(H,33,34). The SMILES string of the molecule is CC(=O)NC(C)C(O)C(C)CC(C)C=CC(C)=CC1C=CCCC1(C)C=CC(C)=CC=CC(=O)O. The molecule has 0 bridgehead atoms. The van der Waals surface area contributed by atoms with Crippen molar-refractivity contribution >= 4 is 11.9 Å². The summed E-state index contributed by atoms with van der Waals surface area (Å²) >= 11 is 0. The summed E-state index contributed by atoms with van der Waals surface area (Å²) in [7, 11) is 0. The normalized spacial score (nSPS) is 25.2. The lowest BCUT2D eigenvalue weighted by Gasteiger charge is -2.35. The van der Waals surface area contributed by atoms with Crippen molar-refractivity contribution in [3.8, 4) is 0 Å². The molecule has 0 fully saturated rings. The fourth-order valence-corrected chi connectivity index (χ4v) is 4.48. The van der Waals surface area contributed by atoms with Gasteiger partial charge in [0, 0.05) is 18.9 Å². The molecule has 5 heteroatoms. The van der Waals surface area contributed by atoms with E-state index in [2.05, 4.69) is 68.6 Å². The number of carboxylic acid groups (broad SMARTS) is 1. The number of amides is 1. The second kappa shape index (κ2) is 14.7. The Balaban J connectivity index is 2.83. The minimum absolute atomic E-state index is 0.0143. The number of carbonyl (C=O) groups excluding carboxylic acids is 1. The largest absolute Gasteiger partial charge is 0.478 e. The van der Waals surface area contributed by atoms with E-state index in [1.165, 1.54) is 12.5 Å². The third kappa shape index (κ3) is 11.5. The third-order valence-electron chi connectivity index (χ3n) is 6.68. The lowest BCUT2D eigenvalue weighted by atomic mass is 9.69. The van der Waals surface area contributed by atoms with Gasteiger partial charge < -0.3 is 15.5 Å². The summed E-state index contributed by atoms with van der Waals surface area (Å²) in [6.07, 6.45) is 22.3. The van der Waals surface area contributed by atoms with Crippen molar-refractivity contribution in [3.63, 3.8) is 0 Å². The Hall–Kier alpha value is -2.66. The summed E-state index contributed by atoms with van der Waals surface area (Å²) in [5.74, 6) is -0.438. The lowest BCUT2D eigenvalue weighted by molar-refractivity contribution is -0.131. The minimum atomic E-state index is -0.948. The molecular formula is C30H45NO4. The van der Waals surface area contributed by atoms with E-state index in [1.807, 2.05) is 26.8 Å². The van der Waals surface area contributed by atoms with Crippen molar-refractivity contribution in [1.82, 2.24) is 5.32 Å². The van der Waals surface area contributed by atoms with E-state index >= 15 is 0 Å². The maximum Gasteiger partial charge on any atom is 0.328 e. The van der Waals surface area contributed by atoms with E-state index < -0.39 is 12.1 Å². The molecule has 0 heterocycles.